The van der Waals surface area contributed by atoms with Gasteiger partial charge in [0.15, 0.2) is 11.5 Å². The van der Waals surface area contributed by atoms with E-state index in [2.05, 4.69) is 45.8 Å². The van der Waals surface area contributed by atoms with E-state index in [0.717, 1.165) is 31.6 Å². The van der Waals surface area contributed by atoms with Gasteiger partial charge in [0.05, 0.1) is 13.2 Å². The van der Waals surface area contributed by atoms with Gasteiger partial charge in [-0.2, -0.15) is 5.10 Å². The van der Waals surface area contributed by atoms with Crippen molar-refractivity contribution in [3.63, 3.8) is 0 Å². The smallest absolute Gasteiger partial charge is 0.160 e. The fourth-order valence-electron chi connectivity index (χ4n) is 3.79. The number of hydrogen-bond donors (Lipinski definition) is 2. The van der Waals surface area contributed by atoms with Crippen molar-refractivity contribution >= 4 is 5.71 Å². The van der Waals surface area contributed by atoms with Crippen molar-refractivity contribution in [3.05, 3.63) is 59.7 Å². The number of aromatic hydroxyl groups is 1. The van der Waals surface area contributed by atoms with Crippen LogP contribution in [-0.2, 0) is 6.54 Å². The molecule has 5 nitrogen and oxygen atoms in total. The number of piperidine rings is 1. The van der Waals surface area contributed by atoms with E-state index in [4.69, 9.17) is 4.74 Å². The van der Waals surface area contributed by atoms with Crippen LogP contribution in [0.15, 0.2) is 53.6 Å². The number of benzene rings is 2. The molecule has 4 rings (SSSR count). The number of rotatable bonds is 4. The molecule has 0 bridgehead atoms. The lowest BCUT2D eigenvalue weighted by Gasteiger charge is -2.33. The molecule has 2 heterocycles. The van der Waals surface area contributed by atoms with E-state index < -0.39 is 0 Å². The van der Waals surface area contributed by atoms with Crippen LogP contribution in [0.4, 0.5) is 0 Å². The first-order chi connectivity index (χ1) is 12.2. The minimum Gasteiger partial charge on any atom is -0.504 e. The zero-order chi connectivity index (χ0) is 17.2. The van der Waals surface area contributed by atoms with E-state index in [1.807, 2.05) is 12.1 Å². The number of methoxy groups -OCH3 is 1. The number of nitrogens with one attached hydrogen (secondary N) is 1. The summed E-state index contributed by atoms with van der Waals surface area (Å²) in [6, 6.07) is 16.3. The second-order valence-electron chi connectivity index (χ2n) is 6.72. The van der Waals surface area contributed by atoms with Crippen molar-refractivity contribution in [2.24, 2.45) is 11.0 Å². The van der Waals surface area contributed by atoms with E-state index in [1.165, 1.54) is 11.3 Å². The molecule has 0 spiro atoms. The Labute approximate surface area is 147 Å². The van der Waals surface area contributed by atoms with Gasteiger partial charge in [0, 0.05) is 37.7 Å². The number of likely N-dealkylation sites (tertiary alicyclic amines) is 1. The highest BCUT2D eigenvalue weighted by atomic mass is 16.5. The second kappa shape index (κ2) is 6.76. The Kier molecular flexibility index (Phi) is 4.32. The van der Waals surface area contributed by atoms with Gasteiger partial charge < -0.3 is 15.3 Å². The average Bonchev–Trinajstić information content (AvgIpc) is 3.06. The summed E-state index contributed by atoms with van der Waals surface area (Å²) >= 11 is 0. The maximum atomic E-state index is 9.83. The lowest BCUT2D eigenvalue weighted by atomic mass is 9.86. The van der Waals surface area contributed by atoms with Gasteiger partial charge >= 0.3 is 0 Å². The lowest BCUT2D eigenvalue weighted by molar-refractivity contribution is 0.220. The van der Waals surface area contributed by atoms with E-state index >= 15 is 0 Å². The first-order valence-corrected chi connectivity index (χ1v) is 8.70. The molecular weight excluding hydrogens is 314 g/mol. The zero-order valence-corrected chi connectivity index (χ0v) is 14.4. The number of phenolic OH excluding ortho intramolecular Hbond substituents is 1. The number of nitrogens with zero attached hydrogens (tertiary/aromatic N) is 2. The summed E-state index contributed by atoms with van der Waals surface area (Å²) in [6.45, 7) is 2.99. The van der Waals surface area contributed by atoms with Crippen LogP contribution in [0.2, 0.25) is 0 Å². The largest absolute Gasteiger partial charge is 0.504 e. The fourth-order valence-corrected chi connectivity index (χ4v) is 3.79. The fraction of sp³-hybridized carbons (Fsp3) is 0.350. The van der Waals surface area contributed by atoms with Crippen molar-refractivity contribution in [3.8, 4) is 11.5 Å². The molecule has 0 saturated carbocycles. The predicted molar refractivity (Wildman–Crippen MR) is 97.8 cm³/mol. The molecule has 2 atom stereocenters. The summed E-state index contributed by atoms with van der Waals surface area (Å²) in [5.74, 6) is 1.02. The van der Waals surface area contributed by atoms with Gasteiger partial charge in [0.2, 0.25) is 0 Å². The maximum Gasteiger partial charge on any atom is 0.160 e. The Morgan fingerprint density at radius 3 is 2.88 bits per heavy atom. The first-order valence-electron chi connectivity index (χ1n) is 8.70. The van der Waals surface area contributed by atoms with Crippen molar-refractivity contribution in [2.45, 2.75) is 19.0 Å². The molecule has 25 heavy (non-hydrogen) atoms. The summed E-state index contributed by atoms with van der Waals surface area (Å²) in [4.78, 5) is 2.50. The molecule has 0 aliphatic carbocycles. The van der Waals surface area contributed by atoms with Crippen molar-refractivity contribution in [1.29, 1.82) is 0 Å². The van der Waals surface area contributed by atoms with Crippen LogP contribution in [0.25, 0.3) is 0 Å². The molecule has 1 saturated heterocycles. The van der Waals surface area contributed by atoms with Gasteiger partial charge in [-0.25, -0.2) is 0 Å². The van der Waals surface area contributed by atoms with Crippen LogP contribution >= 0.6 is 0 Å². The molecular formula is C20H23N3O2. The highest BCUT2D eigenvalue weighted by Crippen LogP contribution is 2.36. The summed E-state index contributed by atoms with van der Waals surface area (Å²) in [5.41, 5.74) is 6.99. The van der Waals surface area contributed by atoms with E-state index in [1.54, 1.807) is 13.2 Å². The molecule has 2 N–H and O–H groups in total. The molecule has 1 fully saturated rings. The summed E-state index contributed by atoms with van der Waals surface area (Å²) < 4.78 is 5.26. The Bertz CT molecular complexity index is 776. The highest BCUT2D eigenvalue weighted by Gasteiger charge is 2.37. The molecule has 0 aromatic heterocycles. The molecule has 2 aromatic carbocycles. The highest BCUT2D eigenvalue weighted by molar-refractivity contribution is 5.90. The first kappa shape index (κ1) is 16.0. The Morgan fingerprint density at radius 1 is 1.24 bits per heavy atom. The molecule has 0 radical (unpaired) electrons. The maximum absolute atomic E-state index is 9.83. The van der Waals surface area contributed by atoms with Crippen molar-refractivity contribution < 1.29 is 9.84 Å². The lowest BCUT2D eigenvalue weighted by Crippen LogP contribution is -2.41. The number of fused-ring (bicyclic) bond motifs is 1. The standard InChI is InChI=1S/C20H23N3O2/c1-25-19-11-15(7-8-18(19)24)20-16-13-23(10-9-17(16)21-22-20)12-14-5-3-2-4-6-14/h2-8,11,16,20,22,24H,9-10,12-13H2,1H3. The van der Waals surface area contributed by atoms with Gasteiger partial charge in [0.1, 0.15) is 0 Å². The number of hydrazone groups is 1. The Hall–Kier alpha value is -2.53. The second-order valence-corrected chi connectivity index (χ2v) is 6.72. The van der Waals surface area contributed by atoms with Gasteiger partial charge in [-0.3, -0.25) is 4.90 Å². The molecule has 2 unspecified atom stereocenters. The number of ether oxygens (including phenoxy) is 1. The predicted octanol–water partition coefficient (Wildman–Crippen LogP) is 2.92. The molecule has 2 aromatic rings. The van der Waals surface area contributed by atoms with Crippen molar-refractivity contribution in [2.75, 3.05) is 20.2 Å². The van der Waals surface area contributed by atoms with Crippen LogP contribution in [0, 0.1) is 5.92 Å². The van der Waals surface area contributed by atoms with Gasteiger partial charge in [0.25, 0.3) is 0 Å². The van der Waals surface area contributed by atoms with Crippen LogP contribution in [-0.4, -0.2) is 35.9 Å². The molecule has 0 amide bonds. The summed E-state index contributed by atoms with van der Waals surface area (Å²) in [5, 5.41) is 14.4. The quantitative estimate of drug-likeness (QED) is 0.901. The monoisotopic (exact) mass is 337 g/mol. The van der Waals surface area contributed by atoms with Crippen LogP contribution in [0.3, 0.4) is 0 Å². The van der Waals surface area contributed by atoms with Crippen LogP contribution < -0.4 is 10.2 Å². The Balaban J connectivity index is 1.51. The molecule has 130 valence electrons. The summed E-state index contributed by atoms with van der Waals surface area (Å²) in [7, 11) is 1.57. The topological polar surface area (TPSA) is 57.1 Å². The molecule has 2 aliphatic rings. The van der Waals surface area contributed by atoms with E-state index in [9.17, 15) is 5.11 Å². The third-order valence-corrected chi connectivity index (χ3v) is 5.13. The van der Waals surface area contributed by atoms with E-state index in [-0.39, 0.29) is 11.8 Å². The van der Waals surface area contributed by atoms with Gasteiger partial charge in [-0.15, -0.1) is 0 Å². The number of hydrogen-bond acceptors (Lipinski definition) is 5. The molecule has 5 heteroatoms. The number of phenols is 1. The van der Waals surface area contributed by atoms with Crippen LogP contribution in [0.1, 0.15) is 23.6 Å². The third kappa shape index (κ3) is 3.20. The SMILES string of the molecule is COc1cc(C2NN=C3CCN(Cc4ccccc4)CC32)ccc1O. The van der Waals surface area contributed by atoms with Crippen molar-refractivity contribution in [1.82, 2.24) is 10.3 Å². The van der Waals surface area contributed by atoms with E-state index in [0.29, 0.717) is 11.7 Å². The minimum atomic E-state index is 0.128. The zero-order valence-electron chi connectivity index (χ0n) is 14.4. The normalized spacial score (nSPS) is 22.8. The van der Waals surface area contributed by atoms with Gasteiger partial charge in [-0.1, -0.05) is 36.4 Å². The minimum absolute atomic E-state index is 0.128. The van der Waals surface area contributed by atoms with Gasteiger partial charge in [-0.05, 0) is 23.3 Å². The van der Waals surface area contributed by atoms with Crippen LogP contribution in [0.5, 0.6) is 11.5 Å². The average molecular weight is 337 g/mol. The molecule has 2 aliphatic heterocycles. The Morgan fingerprint density at radius 2 is 2.08 bits per heavy atom. The summed E-state index contributed by atoms with van der Waals surface area (Å²) in [6.07, 6.45) is 0.996. The third-order valence-electron chi connectivity index (χ3n) is 5.13.